The minimum atomic E-state index is -0.551. The van der Waals surface area contributed by atoms with Gasteiger partial charge < -0.3 is 14.6 Å². The van der Waals surface area contributed by atoms with E-state index in [0.29, 0.717) is 16.3 Å². The molecule has 0 aliphatic heterocycles. The van der Waals surface area contributed by atoms with Crippen LogP contribution < -0.4 is 5.32 Å². The van der Waals surface area contributed by atoms with Crippen LogP contribution in [0.5, 0.6) is 0 Å². The van der Waals surface area contributed by atoms with Crippen molar-refractivity contribution in [1.29, 1.82) is 0 Å². The molecule has 1 aromatic heterocycles. The van der Waals surface area contributed by atoms with Gasteiger partial charge in [0.05, 0.1) is 12.5 Å². The molecular formula is C19H17ClN2O4. The van der Waals surface area contributed by atoms with Gasteiger partial charge in [-0.2, -0.15) is 0 Å². The van der Waals surface area contributed by atoms with Gasteiger partial charge in [-0.05, 0) is 30.7 Å². The number of rotatable bonds is 6. The Balaban J connectivity index is 1.51. The first-order chi connectivity index (χ1) is 12.5. The lowest BCUT2D eigenvalue weighted by molar-refractivity contribution is -0.148. The van der Waals surface area contributed by atoms with Gasteiger partial charge in [0.1, 0.15) is 5.69 Å². The molecule has 1 heterocycles. The summed E-state index contributed by atoms with van der Waals surface area (Å²) in [4.78, 5) is 24.0. The van der Waals surface area contributed by atoms with E-state index in [1.165, 1.54) is 0 Å². The van der Waals surface area contributed by atoms with Crippen LogP contribution >= 0.6 is 11.6 Å². The first-order valence-electron chi connectivity index (χ1n) is 8.07. The lowest BCUT2D eigenvalue weighted by Gasteiger charge is -2.15. The number of carbonyl (C=O) groups excluding carboxylic acids is 2. The standard InChI is InChI=1S/C19H17ClN2O4/c1-12(13-6-2-4-8-15(13)20)21-18(23)11-25-19(24)10-16-14-7-3-5-9-17(14)26-22-16/h2-9,12H,10-11H2,1H3,(H,21,23)/t12-/m1/s1. The number of amides is 1. The van der Waals surface area contributed by atoms with Crippen molar-refractivity contribution in [3.63, 3.8) is 0 Å². The molecule has 0 unspecified atom stereocenters. The highest BCUT2D eigenvalue weighted by Crippen LogP contribution is 2.22. The number of halogens is 1. The Hall–Kier alpha value is -2.86. The van der Waals surface area contributed by atoms with Crippen LogP contribution in [0.1, 0.15) is 24.2 Å². The zero-order chi connectivity index (χ0) is 18.5. The molecule has 0 bridgehead atoms. The normalized spacial score (nSPS) is 11.9. The van der Waals surface area contributed by atoms with Gasteiger partial charge >= 0.3 is 5.97 Å². The van der Waals surface area contributed by atoms with Crippen LogP contribution in [0.3, 0.4) is 0 Å². The summed E-state index contributed by atoms with van der Waals surface area (Å²) in [6, 6.07) is 14.2. The maximum Gasteiger partial charge on any atom is 0.312 e. The van der Waals surface area contributed by atoms with E-state index in [1.807, 2.05) is 43.3 Å². The summed E-state index contributed by atoms with van der Waals surface area (Å²) in [5, 5.41) is 7.93. The number of nitrogens with one attached hydrogen (secondary N) is 1. The first kappa shape index (κ1) is 17.9. The van der Waals surface area contributed by atoms with Crippen molar-refractivity contribution >= 4 is 34.4 Å². The molecule has 0 aliphatic rings. The number of ether oxygens (including phenoxy) is 1. The maximum absolute atomic E-state index is 12.0. The predicted molar refractivity (Wildman–Crippen MR) is 96.7 cm³/mol. The Kier molecular flexibility index (Phi) is 5.53. The van der Waals surface area contributed by atoms with Crippen molar-refractivity contribution in [2.45, 2.75) is 19.4 Å². The van der Waals surface area contributed by atoms with Crippen LogP contribution in [-0.2, 0) is 20.7 Å². The number of nitrogens with zero attached hydrogens (tertiary/aromatic N) is 1. The van der Waals surface area contributed by atoms with Gasteiger partial charge in [-0.3, -0.25) is 9.59 Å². The van der Waals surface area contributed by atoms with Crippen molar-refractivity contribution in [2.24, 2.45) is 0 Å². The minimum absolute atomic E-state index is 0.0651. The Morgan fingerprint density at radius 3 is 2.73 bits per heavy atom. The van der Waals surface area contributed by atoms with Gasteiger partial charge in [-0.15, -0.1) is 0 Å². The van der Waals surface area contributed by atoms with E-state index in [-0.39, 0.29) is 19.1 Å². The summed E-state index contributed by atoms with van der Waals surface area (Å²) in [6.45, 7) is 1.44. The van der Waals surface area contributed by atoms with Crippen LogP contribution in [0.4, 0.5) is 0 Å². The predicted octanol–water partition coefficient (Wildman–Crippen LogP) is 3.44. The average Bonchev–Trinajstić information content (AvgIpc) is 3.03. The third kappa shape index (κ3) is 4.21. The monoisotopic (exact) mass is 372 g/mol. The second-order valence-corrected chi connectivity index (χ2v) is 6.18. The van der Waals surface area contributed by atoms with E-state index < -0.39 is 11.9 Å². The summed E-state index contributed by atoms with van der Waals surface area (Å²) in [5.74, 6) is -0.958. The second-order valence-electron chi connectivity index (χ2n) is 5.77. The number of esters is 1. The molecule has 0 spiro atoms. The van der Waals surface area contributed by atoms with E-state index in [1.54, 1.807) is 12.1 Å². The van der Waals surface area contributed by atoms with Crippen molar-refractivity contribution in [3.05, 3.63) is 64.8 Å². The van der Waals surface area contributed by atoms with E-state index in [9.17, 15) is 9.59 Å². The van der Waals surface area contributed by atoms with Crippen molar-refractivity contribution in [2.75, 3.05) is 6.61 Å². The fraction of sp³-hybridized carbons (Fsp3) is 0.211. The van der Waals surface area contributed by atoms with Crippen molar-refractivity contribution < 1.29 is 18.8 Å². The Bertz CT molecular complexity index is 938. The van der Waals surface area contributed by atoms with Crippen LogP contribution in [0.15, 0.2) is 53.1 Å². The average molecular weight is 373 g/mol. The molecule has 2 aromatic carbocycles. The Morgan fingerprint density at radius 2 is 1.92 bits per heavy atom. The van der Waals surface area contributed by atoms with E-state index in [4.69, 9.17) is 20.9 Å². The van der Waals surface area contributed by atoms with Crippen LogP contribution in [0.25, 0.3) is 11.0 Å². The van der Waals surface area contributed by atoms with Gasteiger partial charge in [0, 0.05) is 10.4 Å². The van der Waals surface area contributed by atoms with Crippen molar-refractivity contribution in [3.8, 4) is 0 Å². The quantitative estimate of drug-likeness (QED) is 0.670. The summed E-state index contributed by atoms with van der Waals surface area (Å²) >= 11 is 6.10. The molecule has 1 N–H and O–H groups in total. The molecule has 1 atom stereocenters. The smallest absolute Gasteiger partial charge is 0.312 e. The fourth-order valence-corrected chi connectivity index (χ4v) is 2.89. The molecule has 1 amide bonds. The number of fused-ring (bicyclic) bond motifs is 1. The molecular weight excluding hydrogens is 356 g/mol. The number of para-hydroxylation sites is 1. The van der Waals surface area contributed by atoms with Crippen LogP contribution in [-0.4, -0.2) is 23.6 Å². The fourth-order valence-electron chi connectivity index (χ4n) is 2.59. The lowest BCUT2D eigenvalue weighted by atomic mass is 10.1. The van der Waals surface area contributed by atoms with E-state index in [2.05, 4.69) is 10.5 Å². The lowest BCUT2D eigenvalue weighted by Crippen LogP contribution is -2.31. The van der Waals surface area contributed by atoms with Gasteiger partial charge in [0.25, 0.3) is 5.91 Å². The highest BCUT2D eigenvalue weighted by Gasteiger charge is 2.16. The van der Waals surface area contributed by atoms with Crippen molar-refractivity contribution in [1.82, 2.24) is 10.5 Å². The molecule has 6 nitrogen and oxygen atoms in total. The van der Waals surface area contributed by atoms with Gasteiger partial charge in [0.2, 0.25) is 0 Å². The summed E-state index contributed by atoms with van der Waals surface area (Å²) in [7, 11) is 0. The van der Waals surface area contributed by atoms with Gasteiger partial charge in [-0.25, -0.2) is 0 Å². The first-order valence-corrected chi connectivity index (χ1v) is 8.45. The van der Waals surface area contributed by atoms with Gasteiger partial charge in [-0.1, -0.05) is 47.1 Å². The topological polar surface area (TPSA) is 81.4 Å². The number of aromatic nitrogens is 1. The summed E-state index contributed by atoms with van der Waals surface area (Å²) in [5.41, 5.74) is 1.87. The molecule has 0 aliphatic carbocycles. The largest absolute Gasteiger partial charge is 0.455 e. The van der Waals surface area contributed by atoms with Crippen LogP contribution in [0, 0.1) is 0 Å². The molecule has 3 aromatic rings. The molecule has 26 heavy (non-hydrogen) atoms. The number of benzene rings is 2. The molecule has 7 heteroatoms. The molecule has 3 rings (SSSR count). The van der Waals surface area contributed by atoms with E-state index in [0.717, 1.165) is 10.9 Å². The highest BCUT2D eigenvalue weighted by molar-refractivity contribution is 6.31. The third-order valence-electron chi connectivity index (χ3n) is 3.88. The van der Waals surface area contributed by atoms with E-state index >= 15 is 0 Å². The number of hydrogen-bond acceptors (Lipinski definition) is 5. The SMILES string of the molecule is C[C@@H](NC(=O)COC(=O)Cc1noc2ccccc12)c1ccccc1Cl. The molecule has 0 saturated heterocycles. The highest BCUT2D eigenvalue weighted by atomic mass is 35.5. The summed E-state index contributed by atoms with van der Waals surface area (Å²) in [6.07, 6.45) is -0.0651. The maximum atomic E-state index is 12.0. The molecule has 0 radical (unpaired) electrons. The number of carbonyl (C=O) groups is 2. The zero-order valence-electron chi connectivity index (χ0n) is 14.1. The summed E-state index contributed by atoms with van der Waals surface area (Å²) < 4.78 is 10.2. The minimum Gasteiger partial charge on any atom is -0.455 e. The molecule has 134 valence electrons. The third-order valence-corrected chi connectivity index (χ3v) is 4.22. The molecule has 0 saturated carbocycles. The Labute approximate surface area is 155 Å². The second kappa shape index (κ2) is 8.01. The molecule has 0 fully saturated rings. The van der Waals surface area contributed by atoms with Crippen LogP contribution in [0.2, 0.25) is 5.02 Å². The zero-order valence-corrected chi connectivity index (χ0v) is 14.8. The van der Waals surface area contributed by atoms with Gasteiger partial charge in [0.15, 0.2) is 12.2 Å². The number of hydrogen-bond donors (Lipinski definition) is 1. The Morgan fingerprint density at radius 1 is 1.19 bits per heavy atom.